The summed E-state index contributed by atoms with van der Waals surface area (Å²) in [6.07, 6.45) is 0. The van der Waals surface area contributed by atoms with E-state index >= 15 is 0 Å². The van der Waals surface area contributed by atoms with Crippen LogP contribution in [0.4, 0.5) is 8.78 Å². The second-order valence-electron chi connectivity index (χ2n) is 3.58. The number of carboxylic acid groups (broad SMARTS) is 1. The minimum Gasteiger partial charge on any atom is -0.478 e. The molecule has 0 spiro atoms. The summed E-state index contributed by atoms with van der Waals surface area (Å²) in [5.41, 5.74) is -0.372. The van der Waals surface area contributed by atoms with E-state index in [1.165, 1.54) is 18.2 Å². The van der Waals surface area contributed by atoms with Crippen LogP contribution in [0.3, 0.4) is 0 Å². The maximum atomic E-state index is 13.0. The van der Waals surface area contributed by atoms with Crippen LogP contribution in [0.25, 0.3) is 0 Å². The lowest BCUT2D eigenvalue weighted by molar-refractivity contribution is 0.0690. The average molecular weight is 557 g/mol. The van der Waals surface area contributed by atoms with Crippen molar-refractivity contribution in [3.63, 3.8) is 0 Å². The van der Waals surface area contributed by atoms with Crippen molar-refractivity contribution in [2.75, 3.05) is 0 Å². The van der Waals surface area contributed by atoms with Gasteiger partial charge in [-0.15, -0.1) is 0 Å². The van der Waals surface area contributed by atoms with Crippen molar-refractivity contribution >= 4 is 74.4 Å². The molecule has 2 aromatic carbocycles. The third-order valence-corrected chi connectivity index (χ3v) is 4.31. The fraction of sp³-hybridized carbons (Fsp3) is 0. The lowest BCUT2D eigenvalue weighted by Crippen LogP contribution is -2.03. The van der Waals surface area contributed by atoms with E-state index < -0.39 is 11.8 Å². The van der Waals surface area contributed by atoms with E-state index in [4.69, 9.17) is 28.3 Å². The summed E-state index contributed by atoms with van der Waals surface area (Å²) < 4.78 is 26.6. The molecule has 2 aromatic rings. The quantitative estimate of drug-likeness (QED) is 0.353. The molecule has 0 aliphatic carbocycles. The van der Waals surface area contributed by atoms with Gasteiger partial charge in [0.15, 0.2) is 5.82 Å². The minimum absolute atomic E-state index is 0.173. The number of carbonyl (C=O) groups is 1. The molecule has 2 nitrogen and oxygen atoms in total. The first-order valence-corrected chi connectivity index (χ1v) is 8.12. The predicted molar refractivity (Wildman–Crippen MR) is 95.2 cm³/mol. The molecule has 0 atom stereocenters. The zero-order valence-corrected chi connectivity index (χ0v) is 15.8. The molecule has 0 saturated heterocycles. The summed E-state index contributed by atoms with van der Waals surface area (Å²) >= 11 is 14.6. The molecule has 0 amide bonds. The van der Waals surface area contributed by atoms with Gasteiger partial charge >= 0.3 is 5.97 Å². The van der Waals surface area contributed by atoms with Gasteiger partial charge in [0.05, 0.1) is 10.0 Å². The third-order valence-electron chi connectivity index (χ3n) is 2.14. The van der Waals surface area contributed by atoms with Crippen LogP contribution in [0.1, 0.15) is 10.4 Å². The van der Waals surface area contributed by atoms with Crippen molar-refractivity contribution < 1.29 is 18.7 Å². The molecule has 0 saturated carbocycles. The van der Waals surface area contributed by atoms with E-state index in [1.807, 2.05) is 22.6 Å². The van der Waals surface area contributed by atoms with E-state index in [2.05, 4.69) is 0 Å². The number of carboxylic acids is 1. The Balaban J connectivity index is 0.000000219. The van der Waals surface area contributed by atoms with Crippen molar-refractivity contribution in [1.29, 1.82) is 0 Å². The third kappa shape index (κ3) is 5.50. The van der Waals surface area contributed by atoms with Crippen LogP contribution in [0.2, 0.25) is 10.0 Å². The zero-order valence-electron chi connectivity index (χ0n) is 10.0. The van der Waals surface area contributed by atoms with E-state index in [0.717, 1.165) is 3.57 Å². The molecule has 0 bridgehead atoms. The molecular weight excluding hydrogens is 551 g/mol. The monoisotopic (exact) mass is 556 g/mol. The van der Waals surface area contributed by atoms with Gasteiger partial charge in [-0.1, -0.05) is 23.2 Å². The zero-order chi connectivity index (χ0) is 16.2. The highest BCUT2D eigenvalue weighted by Gasteiger charge is 2.16. The van der Waals surface area contributed by atoms with Gasteiger partial charge in [0.1, 0.15) is 11.4 Å². The van der Waals surface area contributed by atoms with Crippen LogP contribution in [-0.4, -0.2) is 11.1 Å². The molecule has 0 heterocycles. The summed E-state index contributed by atoms with van der Waals surface area (Å²) in [4.78, 5) is 10.5. The van der Waals surface area contributed by atoms with Crippen LogP contribution in [0.5, 0.6) is 0 Å². The van der Waals surface area contributed by atoms with Gasteiger partial charge in [-0.25, -0.2) is 13.6 Å². The first-order chi connectivity index (χ1) is 9.73. The normalized spacial score (nSPS) is 9.81. The molecule has 112 valence electrons. The van der Waals surface area contributed by atoms with Gasteiger partial charge in [-0.2, -0.15) is 0 Å². The predicted octanol–water partition coefficient (Wildman–Crippen LogP) is 5.87. The summed E-state index contributed by atoms with van der Waals surface area (Å²) in [6, 6.07) is 7.47. The molecule has 8 heteroatoms. The molecule has 0 aliphatic heterocycles. The maximum Gasteiger partial charge on any atom is 0.339 e. The molecule has 0 radical (unpaired) electrons. The van der Waals surface area contributed by atoms with Gasteiger partial charge in [0.25, 0.3) is 0 Å². The maximum absolute atomic E-state index is 13.0. The molecular formula is C13H6Cl2F2I2O2. The fourth-order valence-electron chi connectivity index (χ4n) is 1.19. The van der Waals surface area contributed by atoms with Gasteiger partial charge in [0, 0.05) is 7.14 Å². The first-order valence-electron chi connectivity index (χ1n) is 5.21. The smallest absolute Gasteiger partial charge is 0.339 e. The minimum atomic E-state index is -1.31. The van der Waals surface area contributed by atoms with Crippen LogP contribution in [0, 0.1) is 18.8 Å². The molecule has 2 rings (SSSR count). The first kappa shape index (κ1) is 18.9. The lowest BCUT2D eigenvalue weighted by atomic mass is 10.2. The second kappa shape index (κ2) is 8.44. The molecule has 0 aliphatic rings. The van der Waals surface area contributed by atoms with Crippen molar-refractivity contribution in [3.05, 3.63) is 64.7 Å². The van der Waals surface area contributed by atoms with Crippen LogP contribution >= 0.6 is 68.4 Å². The Morgan fingerprint density at radius 1 is 1.05 bits per heavy atom. The van der Waals surface area contributed by atoms with Gasteiger partial charge < -0.3 is 5.11 Å². The Morgan fingerprint density at radius 2 is 1.62 bits per heavy atom. The number of hydrogen-bond acceptors (Lipinski definition) is 1. The molecule has 1 N–H and O–H groups in total. The Bertz CT molecular complexity index is 681. The van der Waals surface area contributed by atoms with Crippen molar-refractivity contribution in [1.82, 2.24) is 0 Å². The van der Waals surface area contributed by atoms with Crippen molar-refractivity contribution in [2.24, 2.45) is 0 Å². The van der Waals surface area contributed by atoms with Gasteiger partial charge in [-0.05, 0) is 75.5 Å². The fourth-order valence-corrected chi connectivity index (χ4v) is 2.57. The summed E-state index contributed by atoms with van der Waals surface area (Å²) in [7, 11) is 0. The highest BCUT2D eigenvalue weighted by Crippen LogP contribution is 2.22. The Morgan fingerprint density at radius 3 is 2.05 bits per heavy atom. The number of hydrogen-bond donors (Lipinski definition) is 1. The summed E-state index contributed by atoms with van der Waals surface area (Å²) in [5.74, 6) is -2.54. The highest BCUT2D eigenvalue weighted by atomic mass is 127. The van der Waals surface area contributed by atoms with Crippen molar-refractivity contribution in [3.8, 4) is 0 Å². The number of benzene rings is 2. The number of halogens is 6. The van der Waals surface area contributed by atoms with E-state index in [9.17, 15) is 13.6 Å². The molecule has 0 unspecified atom stereocenters. The van der Waals surface area contributed by atoms with Gasteiger partial charge in [0.2, 0.25) is 0 Å². The van der Waals surface area contributed by atoms with Crippen LogP contribution < -0.4 is 0 Å². The SMILES string of the molecule is Fc1cc(I)ccc1Cl.O=C(O)c1c(I)ccc(Cl)c1F. The van der Waals surface area contributed by atoms with E-state index in [0.29, 0.717) is 3.57 Å². The Hall–Kier alpha value is -0.190. The number of aromatic carboxylic acids is 1. The Kier molecular flexibility index (Phi) is 7.58. The lowest BCUT2D eigenvalue weighted by Gasteiger charge is -2.01. The number of rotatable bonds is 1. The highest BCUT2D eigenvalue weighted by molar-refractivity contribution is 14.1. The second-order valence-corrected chi connectivity index (χ2v) is 6.80. The van der Waals surface area contributed by atoms with E-state index in [1.54, 1.807) is 34.7 Å². The standard InChI is InChI=1S/C7H3ClFIO2.C6H3ClFI/c8-3-1-2-4(10)5(6(3)9)7(11)12;7-5-2-1-4(9)3-6(5)8/h1-2H,(H,11,12);1-3H. The molecule has 0 aromatic heterocycles. The van der Waals surface area contributed by atoms with Crippen LogP contribution in [0.15, 0.2) is 30.3 Å². The van der Waals surface area contributed by atoms with E-state index in [-0.39, 0.29) is 21.4 Å². The molecule has 0 fully saturated rings. The summed E-state index contributed by atoms with van der Waals surface area (Å²) in [5, 5.41) is 8.57. The van der Waals surface area contributed by atoms with Crippen molar-refractivity contribution in [2.45, 2.75) is 0 Å². The van der Waals surface area contributed by atoms with Gasteiger partial charge in [-0.3, -0.25) is 0 Å². The Labute approximate surface area is 156 Å². The topological polar surface area (TPSA) is 37.3 Å². The summed E-state index contributed by atoms with van der Waals surface area (Å²) in [6.45, 7) is 0. The van der Waals surface area contributed by atoms with Crippen LogP contribution in [-0.2, 0) is 0 Å². The molecule has 21 heavy (non-hydrogen) atoms. The average Bonchev–Trinajstić information content (AvgIpc) is 2.39. The largest absolute Gasteiger partial charge is 0.478 e.